The molecule has 11 heteroatoms. The molecule has 0 radical (unpaired) electrons. The van der Waals surface area contributed by atoms with E-state index in [0.717, 1.165) is 4.31 Å². The molecule has 1 aliphatic heterocycles. The van der Waals surface area contributed by atoms with Crippen molar-refractivity contribution < 1.29 is 22.7 Å². The Hall–Kier alpha value is -3.27. The molecule has 0 saturated heterocycles. The summed E-state index contributed by atoms with van der Waals surface area (Å²) in [5.74, 6) is 0.544. The van der Waals surface area contributed by atoms with Gasteiger partial charge in [0.25, 0.3) is 15.9 Å². The van der Waals surface area contributed by atoms with Crippen LogP contribution in [-0.2, 0) is 14.8 Å². The number of benzene rings is 3. The number of anilines is 1. The molecule has 4 rings (SSSR count). The van der Waals surface area contributed by atoms with Crippen LogP contribution in [0.3, 0.4) is 0 Å². The first kappa shape index (κ1) is 22.9. The van der Waals surface area contributed by atoms with Gasteiger partial charge in [-0.05, 0) is 54.1 Å². The van der Waals surface area contributed by atoms with E-state index in [1.807, 2.05) is 0 Å². The maximum Gasteiger partial charge on any atom is 0.264 e. The fourth-order valence-corrected chi connectivity index (χ4v) is 4.74. The van der Waals surface area contributed by atoms with Crippen LogP contribution in [0.15, 0.2) is 76.7 Å². The molecule has 1 N–H and O–H groups in total. The third kappa shape index (κ3) is 5.22. The minimum Gasteiger partial charge on any atom is -0.454 e. The van der Waals surface area contributed by atoms with E-state index >= 15 is 0 Å². The van der Waals surface area contributed by atoms with Crippen LogP contribution in [0.4, 0.5) is 5.69 Å². The number of nitrogens with one attached hydrogen (secondary N) is 1. The van der Waals surface area contributed by atoms with Crippen LogP contribution in [0.25, 0.3) is 0 Å². The zero-order valence-electron chi connectivity index (χ0n) is 16.9. The quantitative estimate of drug-likeness (QED) is 0.385. The van der Waals surface area contributed by atoms with Crippen molar-refractivity contribution in [1.82, 2.24) is 5.43 Å². The number of nitrogens with zero attached hydrogens (tertiary/aromatic N) is 2. The normalized spacial score (nSPS) is 12.7. The molecule has 0 aliphatic carbocycles. The maximum absolute atomic E-state index is 13.3. The summed E-state index contributed by atoms with van der Waals surface area (Å²) in [7, 11) is -4.07. The lowest BCUT2D eigenvalue weighted by Crippen LogP contribution is -2.39. The molecule has 0 bridgehead atoms. The fraction of sp³-hybridized carbons (Fsp3) is 0.0909. The van der Waals surface area contributed by atoms with Crippen molar-refractivity contribution in [2.75, 3.05) is 17.6 Å². The second kappa shape index (κ2) is 9.70. The number of halogens is 2. The Bertz CT molecular complexity index is 1320. The predicted octanol–water partition coefficient (Wildman–Crippen LogP) is 4.07. The van der Waals surface area contributed by atoms with Gasteiger partial charge in [0.05, 0.1) is 26.8 Å². The van der Waals surface area contributed by atoms with Crippen LogP contribution >= 0.6 is 23.2 Å². The second-order valence-electron chi connectivity index (χ2n) is 6.83. The molecule has 0 fully saturated rings. The van der Waals surface area contributed by atoms with E-state index in [2.05, 4.69) is 10.5 Å². The first-order chi connectivity index (χ1) is 15.8. The van der Waals surface area contributed by atoms with Crippen molar-refractivity contribution in [1.29, 1.82) is 0 Å². The lowest BCUT2D eigenvalue weighted by atomic mass is 10.2. The van der Waals surface area contributed by atoms with E-state index in [9.17, 15) is 13.2 Å². The van der Waals surface area contributed by atoms with Gasteiger partial charge in [-0.25, -0.2) is 13.8 Å². The van der Waals surface area contributed by atoms with Gasteiger partial charge in [-0.3, -0.25) is 9.10 Å². The lowest BCUT2D eigenvalue weighted by molar-refractivity contribution is -0.119. The van der Waals surface area contributed by atoms with Crippen molar-refractivity contribution in [3.8, 4) is 11.5 Å². The number of carbonyl (C=O) groups excluding carboxylic acids is 1. The number of hydrogen-bond donors (Lipinski definition) is 1. The van der Waals surface area contributed by atoms with Crippen LogP contribution in [0.1, 0.15) is 5.56 Å². The smallest absolute Gasteiger partial charge is 0.264 e. The molecule has 0 aromatic heterocycles. The molecule has 0 atom stereocenters. The van der Waals surface area contributed by atoms with Gasteiger partial charge in [-0.2, -0.15) is 5.10 Å². The van der Waals surface area contributed by atoms with Gasteiger partial charge in [-0.15, -0.1) is 0 Å². The Labute approximate surface area is 200 Å². The molecule has 0 saturated carbocycles. The zero-order valence-corrected chi connectivity index (χ0v) is 19.3. The number of hydrogen-bond acceptors (Lipinski definition) is 6. The topological polar surface area (TPSA) is 97.3 Å². The van der Waals surface area contributed by atoms with Crippen molar-refractivity contribution in [2.24, 2.45) is 5.10 Å². The van der Waals surface area contributed by atoms with E-state index < -0.39 is 22.5 Å². The average molecular weight is 506 g/mol. The summed E-state index contributed by atoms with van der Waals surface area (Å²) >= 11 is 12.1. The zero-order chi connectivity index (χ0) is 23.4. The third-order valence-electron chi connectivity index (χ3n) is 4.61. The highest BCUT2D eigenvalue weighted by Crippen LogP contribution is 2.32. The predicted molar refractivity (Wildman–Crippen MR) is 126 cm³/mol. The second-order valence-corrected chi connectivity index (χ2v) is 9.51. The molecule has 0 spiro atoms. The minimum atomic E-state index is -4.07. The molecule has 3 aromatic carbocycles. The number of rotatable bonds is 7. The molecule has 3 aromatic rings. The lowest BCUT2D eigenvalue weighted by Gasteiger charge is -2.24. The molecule has 0 unspecified atom stereocenters. The van der Waals surface area contributed by atoms with Crippen LogP contribution in [0.2, 0.25) is 10.0 Å². The first-order valence-electron chi connectivity index (χ1n) is 9.59. The summed E-state index contributed by atoms with van der Waals surface area (Å²) in [6.45, 7) is -0.388. The molecule has 1 heterocycles. The van der Waals surface area contributed by atoms with Crippen LogP contribution in [0, 0.1) is 0 Å². The van der Waals surface area contributed by atoms with E-state index in [0.29, 0.717) is 17.1 Å². The highest BCUT2D eigenvalue weighted by Gasteiger charge is 2.27. The van der Waals surface area contributed by atoms with Crippen molar-refractivity contribution in [3.05, 3.63) is 82.3 Å². The summed E-state index contributed by atoms with van der Waals surface area (Å²) in [6.07, 6.45) is 1.41. The maximum atomic E-state index is 13.3. The largest absolute Gasteiger partial charge is 0.454 e. The van der Waals surface area contributed by atoms with Gasteiger partial charge < -0.3 is 9.47 Å². The number of amides is 1. The summed E-state index contributed by atoms with van der Waals surface area (Å²) < 4.78 is 38.0. The Balaban J connectivity index is 1.54. The van der Waals surface area contributed by atoms with Crippen molar-refractivity contribution in [2.45, 2.75) is 4.90 Å². The Morgan fingerprint density at radius 1 is 1.00 bits per heavy atom. The molecule has 170 valence electrons. The van der Waals surface area contributed by atoms with Gasteiger partial charge in [-0.1, -0.05) is 41.4 Å². The van der Waals surface area contributed by atoms with Gasteiger partial charge in [0.15, 0.2) is 11.5 Å². The van der Waals surface area contributed by atoms with E-state index in [1.54, 1.807) is 36.4 Å². The summed E-state index contributed by atoms with van der Waals surface area (Å²) in [5, 5.41) is 4.33. The molecule has 33 heavy (non-hydrogen) atoms. The first-order valence-corrected chi connectivity index (χ1v) is 11.8. The molecule has 8 nitrogen and oxygen atoms in total. The van der Waals surface area contributed by atoms with Crippen molar-refractivity contribution >= 4 is 51.0 Å². The molecular formula is C22H17Cl2N3O5S. The van der Waals surface area contributed by atoms with Gasteiger partial charge in [0.1, 0.15) is 6.54 Å². The number of hydrazone groups is 1. The Kier molecular flexibility index (Phi) is 6.73. The summed E-state index contributed by atoms with van der Waals surface area (Å²) in [6, 6.07) is 17.2. The fourth-order valence-electron chi connectivity index (χ4n) is 3.01. The van der Waals surface area contributed by atoms with Crippen LogP contribution < -0.4 is 19.2 Å². The Morgan fingerprint density at radius 2 is 1.76 bits per heavy atom. The van der Waals surface area contributed by atoms with E-state index in [-0.39, 0.29) is 27.4 Å². The molecule has 1 aliphatic rings. The average Bonchev–Trinajstić information content (AvgIpc) is 3.28. The van der Waals surface area contributed by atoms with Gasteiger partial charge >= 0.3 is 0 Å². The van der Waals surface area contributed by atoms with Gasteiger partial charge in [0.2, 0.25) is 6.79 Å². The molecule has 1 amide bonds. The Morgan fingerprint density at radius 3 is 2.52 bits per heavy atom. The van der Waals surface area contributed by atoms with Crippen molar-refractivity contribution in [3.63, 3.8) is 0 Å². The minimum absolute atomic E-state index is 0.0210. The standard InChI is InChI=1S/C22H17Cl2N3O5S/c23-18-8-7-16(11-19(18)24)27(33(29,30)17-4-2-1-3-5-17)13-22(28)26-25-12-15-6-9-20-21(10-15)32-14-31-20/h1-12H,13-14H2,(H,26,28)/b25-12-. The number of fused-ring (bicyclic) bond motifs is 1. The monoisotopic (exact) mass is 505 g/mol. The van der Waals surface area contributed by atoms with Crippen LogP contribution in [-0.4, -0.2) is 33.9 Å². The highest BCUT2D eigenvalue weighted by atomic mass is 35.5. The third-order valence-corrected chi connectivity index (χ3v) is 7.14. The molecular weight excluding hydrogens is 489 g/mol. The number of carbonyl (C=O) groups is 1. The summed E-state index contributed by atoms with van der Waals surface area (Å²) in [5.41, 5.74) is 3.19. The summed E-state index contributed by atoms with van der Waals surface area (Å²) in [4.78, 5) is 12.6. The van der Waals surface area contributed by atoms with Gasteiger partial charge in [0, 0.05) is 0 Å². The number of ether oxygens (including phenoxy) is 2. The van der Waals surface area contributed by atoms with Crippen LogP contribution in [0.5, 0.6) is 11.5 Å². The number of sulfonamides is 1. The SMILES string of the molecule is O=C(CN(c1ccc(Cl)c(Cl)c1)S(=O)(=O)c1ccccc1)N/N=C\c1ccc2c(c1)OCO2. The van der Waals surface area contributed by atoms with E-state index in [1.165, 1.54) is 36.5 Å². The highest BCUT2D eigenvalue weighted by molar-refractivity contribution is 7.92. The van der Waals surface area contributed by atoms with E-state index in [4.69, 9.17) is 32.7 Å².